The molecule has 2 amide bonds. The van der Waals surface area contributed by atoms with Crippen LogP contribution in [0, 0.1) is 5.82 Å². The summed E-state index contributed by atoms with van der Waals surface area (Å²) in [5.41, 5.74) is 2.34. The standard InChI is InChI=1S/C26H25ClFN5O3S/c27-17-1-4-24(37)21(13-17)25(34)30-15-20-16-33(26(35)36-20)19-2-3-23(22(28)14-19)32-11-9-31(10-12-32)18-5-7-29-8-6-18/h1-3,5-8,13-14,20H,4,9-12,15-16H2,(H,30,34)/t20-/m0/s1. The van der Waals surface area contributed by atoms with Crippen molar-refractivity contribution in [3.05, 3.63) is 71.3 Å². The number of carbonyl (C=O) groups excluding carboxylic acids is 2. The quantitative estimate of drug-likeness (QED) is 0.557. The van der Waals surface area contributed by atoms with Gasteiger partial charge in [-0.2, -0.15) is 0 Å². The number of hydrogen-bond acceptors (Lipinski definition) is 7. The highest BCUT2D eigenvalue weighted by Gasteiger charge is 2.33. The predicted molar refractivity (Wildman–Crippen MR) is 145 cm³/mol. The van der Waals surface area contributed by atoms with E-state index in [0.717, 1.165) is 18.8 Å². The summed E-state index contributed by atoms with van der Waals surface area (Å²) in [6.45, 7) is 3.17. The van der Waals surface area contributed by atoms with E-state index in [2.05, 4.69) is 15.2 Å². The second kappa shape index (κ2) is 10.9. The number of cyclic esters (lactones) is 1. The highest BCUT2D eigenvalue weighted by atomic mass is 35.5. The van der Waals surface area contributed by atoms with Crippen LogP contribution in [0.2, 0.25) is 0 Å². The fraction of sp³-hybridized carbons (Fsp3) is 0.308. The third-order valence-electron chi connectivity index (χ3n) is 6.57. The van der Waals surface area contributed by atoms with E-state index in [0.29, 0.717) is 46.4 Å². The van der Waals surface area contributed by atoms with E-state index < -0.39 is 18.0 Å². The van der Waals surface area contributed by atoms with E-state index in [1.54, 1.807) is 30.6 Å². The number of aromatic nitrogens is 1. The van der Waals surface area contributed by atoms with Crippen LogP contribution in [0.3, 0.4) is 0 Å². The lowest BCUT2D eigenvalue weighted by atomic mass is 10.0. The van der Waals surface area contributed by atoms with Crippen LogP contribution < -0.4 is 20.0 Å². The SMILES string of the molecule is O=C(NC[C@H]1CN(c2ccc(N3CCN(c4ccncc4)CC3)c(F)c2)C(=O)O1)C1=CC(Cl)=CCC1=S. The topological polar surface area (TPSA) is 78.0 Å². The average molecular weight is 542 g/mol. The maximum absolute atomic E-state index is 15.1. The second-order valence-electron chi connectivity index (χ2n) is 8.92. The summed E-state index contributed by atoms with van der Waals surface area (Å²) in [6, 6.07) is 8.70. The number of allylic oxidation sites excluding steroid dienone is 3. The number of anilines is 3. The maximum atomic E-state index is 15.1. The molecule has 2 fully saturated rings. The number of piperazine rings is 1. The number of thiocarbonyl (C=S) groups is 1. The number of halogens is 2. The number of pyridine rings is 1. The van der Waals surface area contributed by atoms with E-state index in [1.165, 1.54) is 17.0 Å². The molecule has 1 aromatic heterocycles. The summed E-state index contributed by atoms with van der Waals surface area (Å²) in [4.78, 5) is 35.2. The van der Waals surface area contributed by atoms with Gasteiger partial charge < -0.3 is 19.9 Å². The molecule has 3 heterocycles. The van der Waals surface area contributed by atoms with Gasteiger partial charge >= 0.3 is 6.09 Å². The van der Waals surface area contributed by atoms with Gasteiger partial charge in [-0.15, -0.1) is 0 Å². The maximum Gasteiger partial charge on any atom is 0.414 e. The van der Waals surface area contributed by atoms with Gasteiger partial charge in [0.15, 0.2) is 0 Å². The van der Waals surface area contributed by atoms with Crippen molar-refractivity contribution in [1.82, 2.24) is 10.3 Å². The van der Waals surface area contributed by atoms with Crippen molar-refractivity contribution in [2.75, 3.05) is 54.0 Å². The molecular formula is C26H25ClFN5O3S. The van der Waals surface area contributed by atoms with Gasteiger partial charge in [0.1, 0.15) is 11.9 Å². The zero-order valence-corrected chi connectivity index (χ0v) is 21.5. The molecule has 37 heavy (non-hydrogen) atoms. The first-order valence-corrected chi connectivity index (χ1v) is 12.7. The Labute approximate surface area is 224 Å². The lowest BCUT2D eigenvalue weighted by Crippen LogP contribution is -2.46. The number of rotatable bonds is 6. The first kappa shape index (κ1) is 25.2. The molecule has 0 unspecified atom stereocenters. The van der Waals surface area contributed by atoms with Crippen LogP contribution in [0.1, 0.15) is 6.42 Å². The molecule has 2 saturated heterocycles. The first-order valence-electron chi connectivity index (χ1n) is 12.0. The molecule has 1 N–H and O–H groups in total. The van der Waals surface area contributed by atoms with Crippen molar-refractivity contribution < 1.29 is 18.7 Å². The van der Waals surface area contributed by atoms with Gasteiger partial charge in [0.25, 0.3) is 5.91 Å². The number of nitrogens with one attached hydrogen (secondary N) is 1. The number of hydrogen-bond donors (Lipinski definition) is 1. The molecule has 2 aromatic rings. The van der Waals surface area contributed by atoms with Crippen LogP contribution in [0.4, 0.5) is 26.2 Å². The Morgan fingerprint density at radius 1 is 1.14 bits per heavy atom. The number of nitrogens with zero attached hydrogens (tertiary/aromatic N) is 4. The summed E-state index contributed by atoms with van der Waals surface area (Å²) < 4.78 is 20.5. The van der Waals surface area contributed by atoms with Crippen molar-refractivity contribution >= 4 is 57.7 Å². The van der Waals surface area contributed by atoms with Gasteiger partial charge in [-0.1, -0.05) is 29.9 Å². The normalized spacial score (nSPS) is 19.9. The zero-order valence-electron chi connectivity index (χ0n) is 19.9. The van der Waals surface area contributed by atoms with E-state index in [9.17, 15) is 9.59 Å². The highest BCUT2D eigenvalue weighted by Crippen LogP contribution is 2.29. The molecule has 11 heteroatoms. The second-order valence-corrected chi connectivity index (χ2v) is 9.85. The Bertz CT molecular complexity index is 1280. The molecular weight excluding hydrogens is 517 g/mol. The van der Waals surface area contributed by atoms with Gasteiger partial charge in [-0.25, -0.2) is 9.18 Å². The van der Waals surface area contributed by atoms with Crippen LogP contribution in [-0.4, -0.2) is 67.2 Å². The molecule has 1 aliphatic carbocycles. The Balaban J connectivity index is 1.17. The smallest absolute Gasteiger partial charge is 0.414 e. The molecule has 0 spiro atoms. The lowest BCUT2D eigenvalue weighted by molar-refractivity contribution is -0.117. The molecule has 0 radical (unpaired) electrons. The fourth-order valence-electron chi connectivity index (χ4n) is 4.59. The molecule has 1 aromatic carbocycles. The summed E-state index contributed by atoms with van der Waals surface area (Å²) in [5.74, 6) is -0.771. The van der Waals surface area contributed by atoms with Gasteiger partial charge in [-0.05, 0) is 36.4 Å². The molecule has 192 valence electrons. The summed E-state index contributed by atoms with van der Waals surface area (Å²) in [6.07, 6.45) is 6.06. The number of amides is 2. The van der Waals surface area contributed by atoms with Crippen molar-refractivity contribution in [3.63, 3.8) is 0 Å². The van der Waals surface area contributed by atoms with E-state index in [1.807, 2.05) is 17.0 Å². The molecule has 8 nitrogen and oxygen atoms in total. The van der Waals surface area contributed by atoms with E-state index in [4.69, 9.17) is 28.6 Å². The van der Waals surface area contributed by atoms with Gasteiger partial charge in [0.2, 0.25) is 0 Å². The molecule has 2 aliphatic heterocycles. The van der Waals surface area contributed by atoms with Gasteiger partial charge in [0, 0.05) is 60.6 Å². The van der Waals surface area contributed by atoms with Crippen LogP contribution in [0.25, 0.3) is 0 Å². The van der Waals surface area contributed by atoms with Crippen molar-refractivity contribution in [2.24, 2.45) is 0 Å². The Hall–Kier alpha value is -3.50. The molecule has 0 saturated carbocycles. The molecule has 5 rings (SSSR count). The summed E-state index contributed by atoms with van der Waals surface area (Å²) in [5, 5.41) is 3.20. The number of benzene rings is 1. The van der Waals surface area contributed by atoms with E-state index in [-0.39, 0.29) is 19.0 Å². The predicted octanol–water partition coefficient (Wildman–Crippen LogP) is 3.81. The fourth-order valence-corrected chi connectivity index (χ4v) is 5.01. The minimum absolute atomic E-state index is 0.102. The Kier molecular flexibility index (Phi) is 7.38. The van der Waals surface area contributed by atoms with Crippen LogP contribution in [0.15, 0.2) is 65.5 Å². The molecule has 0 bridgehead atoms. The van der Waals surface area contributed by atoms with Crippen molar-refractivity contribution in [2.45, 2.75) is 12.5 Å². The lowest BCUT2D eigenvalue weighted by Gasteiger charge is -2.37. The van der Waals surface area contributed by atoms with Crippen molar-refractivity contribution in [1.29, 1.82) is 0 Å². The summed E-state index contributed by atoms with van der Waals surface area (Å²) >= 11 is 11.2. The molecule has 3 aliphatic rings. The number of carbonyl (C=O) groups is 2. The Morgan fingerprint density at radius 3 is 2.59 bits per heavy atom. The van der Waals surface area contributed by atoms with Crippen LogP contribution in [-0.2, 0) is 9.53 Å². The minimum Gasteiger partial charge on any atom is -0.442 e. The van der Waals surface area contributed by atoms with Gasteiger partial charge in [-0.3, -0.25) is 14.7 Å². The van der Waals surface area contributed by atoms with E-state index >= 15 is 4.39 Å². The minimum atomic E-state index is -0.587. The largest absolute Gasteiger partial charge is 0.442 e. The third-order valence-corrected chi connectivity index (χ3v) is 7.22. The Morgan fingerprint density at radius 2 is 1.86 bits per heavy atom. The first-order chi connectivity index (χ1) is 17.9. The van der Waals surface area contributed by atoms with Crippen LogP contribution in [0.5, 0.6) is 0 Å². The number of ether oxygens (including phenoxy) is 1. The van der Waals surface area contributed by atoms with Crippen LogP contribution >= 0.6 is 23.8 Å². The third kappa shape index (κ3) is 5.60. The average Bonchev–Trinajstić information content (AvgIpc) is 3.29. The highest BCUT2D eigenvalue weighted by molar-refractivity contribution is 7.81. The summed E-state index contributed by atoms with van der Waals surface area (Å²) in [7, 11) is 0. The monoisotopic (exact) mass is 541 g/mol. The molecule has 1 atom stereocenters. The van der Waals surface area contributed by atoms with Crippen molar-refractivity contribution in [3.8, 4) is 0 Å². The zero-order chi connectivity index (χ0) is 25.9. The van der Waals surface area contributed by atoms with Gasteiger partial charge in [0.05, 0.1) is 30.0 Å².